The van der Waals surface area contributed by atoms with Crippen LogP contribution in [0.25, 0.3) is 0 Å². The molecule has 0 spiro atoms. The van der Waals surface area contributed by atoms with E-state index in [4.69, 9.17) is 14.2 Å². The minimum Gasteiger partial charge on any atom is -0.493 e. The van der Waals surface area contributed by atoms with Crippen LogP contribution >= 0.6 is 0 Å². The maximum atomic E-state index is 12.7. The van der Waals surface area contributed by atoms with E-state index in [1.807, 2.05) is 0 Å². The summed E-state index contributed by atoms with van der Waals surface area (Å²) in [5, 5.41) is 2.83. The molecule has 0 bridgehead atoms. The number of amides is 1. The van der Waals surface area contributed by atoms with Crippen LogP contribution in [0.3, 0.4) is 0 Å². The van der Waals surface area contributed by atoms with Crippen LogP contribution in [0, 0.1) is 0 Å². The molecule has 1 aromatic carbocycles. The quantitative estimate of drug-likeness (QED) is 0.707. The molecule has 0 saturated carbocycles. The number of benzene rings is 1. The number of hydrogen-bond acceptors (Lipinski definition) is 6. The third-order valence-electron chi connectivity index (χ3n) is 5.21. The molecule has 9 nitrogen and oxygen atoms in total. The van der Waals surface area contributed by atoms with Gasteiger partial charge in [0.05, 0.1) is 26.4 Å². The highest BCUT2D eigenvalue weighted by Crippen LogP contribution is 2.34. The first-order chi connectivity index (χ1) is 13.4. The summed E-state index contributed by atoms with van der Waals surface area (Å²) in [6.45, 7) is 1.08. The van der Waals surface area contributed by atoms with Crippen LogP contribution < -0.4 is 19.5 Å². The number of nitrogens with one attached hydrogen (secondary N) is 2. The van der Waals surface area contributed by atoms with Crippen LogP contribution in [-0.2, 0) is 19.7 Å². The first-order valence-corrected chi connectivity index (χ1v) is 10.7. The topological polar surface area (TPSA) is 106 Å². The summed E-state index contributed by atoms with van der Waals surface area (Å²) in [6, 6.07) is 3.83. The van der Waals surface area contributed by atoms with Gasteiger partial charge in [0, 0.05) is 20.2 Å². The molecule has 1 aromatic rings. The highest BCUT2D eigenvalue weighted by molar-refractivity contribution is 7.87. The van der Waals surface area contributed by atoms with Crippen molar-refractivity contribution in [1.82, 2.24) is 14.3 Å². The number of rotatable bonds is 6. The zero-order valence-corrected chi connectivity index (χ0v) is 17.1. The number of nitrogens with zero attached hydrogens (tertiary/aromatic N) is 1. The van der Waals surface area contributed by atoms with E-state index in [9.17, 15) is 13.2 Å². The predicted octanol–water partition coefficient (Wildman–Crippen LogP) is 0.579. The molecule has 3 rings (SSSR count). The fourth-order valence-corrected chi connectivity index (χ4v) is 4.81. The first-order valence-electron chi connectivity index (χ1n) is 9.22. The van der Waals surface area contributed by atoms with Crippen molar-refractivity contribution in [2.45, 2.75) is 37.5 Å². The van der Waals surface area contributed by atoms with Crippen molar-refractivity contribution in [3.05, 3.63) is 23.8 Å². The second-order valence-corrected chi connectivity index (χ2v) is 8.70. The van der Waals surface area contributed by atoms with Crippen molar-refractivity contribution < 1.29 is 27.4 Å². The summed E-state index contributed by atoms with van der Waals surface area (Å²) in [5.41, 5.74) is 0.700. The van der Waals surface area contributed by atoms with Gasteiger partial charge in [-0.3, -0.25) is 4.79 Å². The van der Waals surface area contributed by atoms with E-state index in [2.05, 4.69) is 10.0 Å². The molecule has 0 radical (unpaired) electrons. The minimum atomic E-state index is -3.81. The second kappa shape index (κ2) is 8.64. The molecular formula is C18H27N3O6S. The van der Waals surface area contributed by atoms with Gasteiger partial charge in [0.2, 0.25) is 5.91 Å². The third kappa shape index (κ3) is 4.40. The smallest absolute Gasteiger partial charge is 0.280 e. The Hall–Kier alpha value is -1.88. The molecule has 0 aromatic heterocycles. The van der Waals surface area contributed by atoms with Crippen LogP contribution in [0.15, 0.2) is 18.2 Å². The third-order valence-corrected chi connectivity index (χ3v) is 6.80. The Morgan fingerprint density at radius 3 is 2.71 bits per heavy atom. The van der Waals surface area contributed by atoms with Gasteiger partial charge in [-0.05, 0) is 37.0 Å². The van der Waals surface area contributed by atoms with E-state index < -0.39 is 22.3 Å². The summed E-state index contributed by atoms with van der Waals surface area (Å²) in [6.07, 6.45) is 2.16. The number of likely N-dealkylation sites (N-methyl/N-ethyl adjacent to an activating group) is 1. The molecule has 2 saturated heterocycles. The minimum absolute atomic E-state index is 0.00535. The predicted molar refractivity (Wildman–Crippen MR) is 102 cm³/mol. The summed E-state index contributed by atoms with van der Waals surface area (Å²) in [4.78, 5) is 12.7. The van der Waals surface area contributed by atoms with Gasteiger partial charge in [0.25, 0.3) is 10.2 Å². The lowest BCUT2D eigenvalue weighted by molar-refractivity contribution is -0.125. The number of carbonyl (C=O) groups is 1. The normalized spacial score (nSPS) is 27.3. The highest BCUT2D eigenvalue weighted by Gasteiger charge is 2.40. The van der Waals surface area contributed by atoms with Gasteiger partial charge in [-0.2, -0.15) is 17.4 Å². The maximum Gasteiger partial charge on any atom is 0.280 e. The molecule has 3 atom stereocenters. The van der Waals surface area contributed by atoms with Crippen molar-refractivity contribution in [3.63, 3.8) is 0 Å². The zero-order chi connectivity index (χ0) is 20.3. The van der Waals surface area contributed by atoms with E-state index in [0.29, 0.717) is 36.6 Å². The Balaban J connectivity index is 1.77. The Bertz CT molecular complexity index is 810. The van der Waals surface area contributed by atoms with Crippen LogP contribution in [0.2, 0.25) is 0 Å². The molecule has 28 heavy (non-hydrogen) atoms. The Labute approximate surface area is 165 Å². The van der Waals surface area contributed by atoms with Crippen molar-refractivity contribution >= 4 is 16.1 Å². The number of hydrogen-bond donors (Lipinski definition) is 2. The summed E-state index contributed by atoms with van der Waals surface area (Å²) < 4.78 is 44.9. The lowest BCUT2D eigenvalue weighted by atomic mass is 9.99. The molecular weight excluding hydrogens is 386 g/mol. The zero-order valence-electron chi connectivity index (χ0n) is 16.3. The maximum absolute atomic E-state index is 12.7. The van der Waals surface area contributed by atoms with E-state index in [1.54, 1.807) is 18.2 Å². The fourth-order valence-electron chi connectivity index (χ4n) is 3.53. The summed E-state index contributed by atoms with van der Waals surface area (Å²) in [5.74, 6) is 0.721. The average molecular weight is 413 g/mol. The van der Waals surface area contributed by atoms with Gasteiger partial charge in [-0.15, -0.1) is 0 Å². The molecule has 156 valence electrons. The molecule has 0 aliphatic carbocycles. The van der Waals surface area contributed by atoms with Crippen molar-refractivity contribution in [3.8, 4) is 11.5 Å². The molecule has 2 aliphatic rings. The Morgan fingerprint density at radius 2 is 2.07 bits per heavy atom. The SMILES string of the molecule is COc1ccc(C2CC(C(=O)NCC3CCCO3)N(C)S(=O)(=O)N2)cc1OC. The Kier molecular flexibility index (Phi) is 6.43. The molecule has 1 amide bonds. The van der Waals surface area contributed by atoms with E-state index >= 15 is 0 Å². The van der Waals surface area contributed by atoms with Crippen LogP contribution in [-0.4, -0.2) is 65.2 Å². The number of carbonyl (C=O) groups excluding carboxylic acids is 1. The van der Waals surface area contributed by atoms with Gasteiger partial charge < -0.3 is 19.5 Å². The molecule has 2 heterocycles. The molecule has 3 unspecified atom stereocenters. The Morgan fingerprint density at radius 1 is 1.32 bits per heavy atom. The van der Waals surface area contributed by atoms with Crippen LogP contribution in [0.1, 0.15) is 30.9 Å². The lowest BCUT2D eigenvalue weighted by Gasteiger charge is -2.36. The summed E-state index contributed by atoms with van der Waals surface area (Å²) in [7, 11) is 0.647. The molecule has 2 N–H and O–H groups in total. The van der Waals surface area contributed by atoms with Crippen molar-refractivity contribution in [2.75, 3.05) is 34.4 Å². The standard InChI is InChI=1S/C18H27N3O6S/c1-21-15(18(22)19-11-13-5-4-8-27-13)10-14(20-28(21,23)24)12-6-7-16(25-2)17(9-12)26-3/h6-7,9,13-15,20H,4-5,8,10-11H2,1-3H3,(H,19,22). The first kappa shape index (κ1) is 20.8. The van der Waals surface area contributed by atoms with E-state index in [-0.39, 0.29) is 12.0 Å². The van der Waals surface area contributed by atoms with Crippen molar-refractivity contribution in [2.24, 2.45) is 0 Å². The fraction of sp³-hybridized carbons (Fsp3) is 0.611. The average Bonchev–Trinajstić information content (AvgIpc) is 3.21. The monoisotopic (exact) mass is 413 g/mol. The molecule has 10 heteroatoms. The van der Waals surface area contributed by atoms with Crippen LogP contribution in [0.5, 0.6) is 11.5 Å². The van der Waals surface area contributed by atoms with Gasteiger partial charge in [-0.1, -0.05) is 6.07 Å². The number of methoxy groups -OCH3 is 2. The van der Waals surface area contributed by atoms with Gasteiger partial charge in [0.15, 0.2) is 11.5 Å². The van der Waals surface area contributed by atoms with Crippen molar-refractivity contribution in [1.29, 1.82) is 0 Å². The molecule has 2 fully saturated rings. The lowest BCUT2D eigenvalue weighted by Crippen LogP contribution is -2.57. The largest absolute Gasteiger partial charge is 0.493 e. The van der Waals surface area contributed by atoms with E-state index in [0.717, 1.165) is 17.1 Å². The van der Waals surface area contributed by atoms with E-state index in [1.165, 1.54) is 21.3 Å². The second-order valence-electron chi connectivity index (χ2n) is 6.94. The van der Waals surface area contributed by atoms with Crippen LogP contribution in [0.4, 0.5) is 0 Å². The summed E-state index contributed by atoms with van der Waals surface area (Å²) >= 11 is 0. The number of ether oxygens (including phenoxy) is 3. The van der Waals surface area contributed by atoms with Gasteiger partial charge in [0.1, 0.15) is 6.04 Å². The van der Waals surface area contributed by atoms with Gasteiger partial charge >= 0.3 is 0 Å². The highest BCUT2D eigenvalue weighted by atomic mass is 32.2. The molecule has 2 aliphatic heterocycles. The van der Waals surface area contributed by atoms with Gasteiger partial charge in [-0.25, -0.2) is 0 Å².